The zero-order valence-electron chi connectivity index (χ0n) is 10.8. The lowest BCUT2D eigenvalue weighted by atomic mass is 10.2. The summed E-state index contributed by atoms with van der Waals surface area (Å²) >= 11 is 3.35. The average molecular weight is 333 g/mol. The molecule has 0 aliphatic carbocycles. The Morgan fingerprint density at radius 3 is 2.75 bits per heavy atom. The van der Waals surface area contributed by atoms with E-state index in [0.29, 0.717) is 30.0 Å². The minimum Gasteiger partial charge on any atom is -0.472 e. The summed E-state index contributed by atoms with van der Waals surface area (Å²) in [6.45, 7) is 0.816. The van der Waals surface area contributed by atoms with E-state index < -0.39 is 0 Å². The van der Waals surface area contributed by atoms with E-state index in [0.717, 1.165) is 5.56 Å². The number of halogens is 1. The van der Waals surface area contributed by atoms with E-state index >= 15 is 0 Å². The first-order valence-electron chi connectivity index (χ1n) is 6.05. The number of hydrogen-bond donors (Lipinski definition) is 0. The van der Waals surface area contributed by atoms with Gasteiger partial charge >= 0.3 is 6.01 Å². The molecule has 0 N–H and O–H groups in total. The third-order valence-electron chi connectivity index (χ3n) is 2.39. The van der Waals surface area contributed by atoms with Crippen molar-refractivity contribution in [3.8, 4) is 24.2 Å². The molecule has 2 rings (SSSR count). The Kier molecular flexibility index (Phi) is 5.39. The first kappa shape index (κ1) is 14.4. The molecule has 4 nitrogen and oxygen atoms in total. The van der Waals surface area contributed by atoms with Gasteiger partial charge in [-0.15, -0.1) is 12.3 Å². The van der Waals surface area contributed by atoms with Crippen molar-refractivity contribution < 1.29 is 9.47 Å². The largest absolute Gasteiger partial charge is 0.472 e. The normalized spacial score (nSPS) is 9.80. The number of hydrogen-bond acceptors (Lipinski definition) is 4. The van der Waals surface area contributed by atoms with E-state index in [-0.39, 0.29) is 6.01 Å². The Morgan fingerprint density at radius 1 is 1.20 bits per heavy atom. The second-order valence-electron chi connectivity index (χ2n) is 3.88. The fourth-order valence-electron chi connectivity index (χ4n) is 1.43. The lowest BCUT2D eigenvalue weighted by Crippen LogP contribution is -2.03. The van der Waals surface area contributed by atoms with Crippen molar-refractivity contribution in [2.24, 2.45) is 0 Å². The van der Waals surface area contributed by atoms with Gasteiger partial charge in [0, 0.05) is 6.42 Å². The van der Waals surface area contributed by atoms with E-state index in [1.165, 1.54) is 0 Å². The van der Waals surface area contributed by atoms with Crippen LogP contribution < -0.4 is 9.47 Å². The van der Waals surface area contributed by atoms with Crippen LogP contribution in [-0.2, 0) is 6.61 Å². The van der Waals surface area contributed by atoms with Gasteiger partial charge in [0.05, 0.1) is 10.7 Å². The molecule has 0 bridgehead atoms. The third kappa shape index (κ3) is 4.25. The molecular weight excluding hydrogens is 320 g/mol. The van der Waals surface area contributed by atoms with E-state index in [1.54, 1.807) is 6.20 Å². The highest BCUT2D eigenvalue weighted by atomic mass is 79.9. The topological polar surface area (TPSA) is 44.2 Å². The Bertz CT molecular complexity index is 597. The van der Waals surface area contributed by atoms with Gasteiger partial charge in [-0.2, -0.15) is 4.98 Å². The van der Waals surface area contributed by atoms with Crippen molar-refractivity contribution in [1.82, 2.24) is 9.97 Å². The fraction of sp³-hybridized carbons (Fsp3) is 0.200. The quantitative estimate of drug-likeness (QED) is 0.601. The summed E-state index contributed by atoms with van der Waals surface area (Å²) in [5, 5.41) is 0. The van der Waals surface area contributed by atoms with Crippen LogP contribution in [0.5, 0.6) is 11.9 Å². The van der Waals surface area contributed by atoms with E-state index in [9.17, 15) is 0 Å². The number of ether oxygens (including phenoxy) is 2. The molecule has 0 amide bonds. The minimum absolute atomic E-state index is 0.256. The maximum absolute atomic E-state index is 5.65. The monoisotopic (exact) mass is 332 g/mol. The van der Waals surface area contributed by atoms with Gasteiger partial charge in [0.1, 0.15) is 13.2 Å². The van der Waals surface area contributed by atoms with Gasteiger partial charge in [-0.05, 0) is 21.5 Å². The molecule has 1 aromatic heterocycles. The lowest BCUT2D eigenvalue weighted by molar-refractivity contribution is 0.267. The molecule has 102 valence electrons. The molecule has 0 saturated carbocycles. The van der Waals surface area contributed by atoms with Crippen molar-refractivity contribution in [3.63, 3.8) is 0 Å². The average Bonchev–Trinajstić information content (AvgIpc) is 2.49. The summed E-state index contributed by atoms with van der Waals surface area (Å²) < 4.78 is 11.7. The van der Waals surface area contributed by atoms with Gasteiger partial charge in [0.25, 0.3) is 0 Å². The summed E-state index contributed by atoms with van der Waals surface area (Å²) in [4.78, 5) is 8.23. The van der Waals surface area contributed by atoms with E-state index in [1.807, 2.05) is 30.3 Å². The third-order valence-corrected chi connectivity index (χ3v) is 2.93. The number of aromatic nitrogens is 2. The molecule has 0 aliphatic rings. The number of benzene rings is 1. The first-order chi connectivity index (χ1) is 9.79. The lowest BCUT2D eigenvalue weighted by Gasteiger charge is -2.08. The molecule has 0 aliphatic heterocycles. The van der Waals surface area contributed by atoms with Crippen molar-refractivity contribution in [2.45, 2.75) is 13.0 Å². The van der Waals surface area contributed by atoms with Gasteiger partial charge in [-0.3, -0.25) is 0 Å². The number of rotatable bonds is 6. The molecule has 0 unspecified atom stereocenters. The van der Waals surface area contributed by atoms with Gasteiger partial charge in [-0.25, -0.2) is 4.98 Å². The van der Waals surface area contributed by atoms with Gasteiger partial charge in [0.15, 0.2) is 0 Å². The highest BCUT2D eigenvalue weighted by Crippen LogP contribution is 2.24. The molecule has 0 atom stereocenters. The van der Waals surface area contributed by atoms with Crippen molar-refractivity contribution >= 4 is 15.9 Å². The minimum atomic E-state index is 0.256. The van der Waals surface area contributed by atoms with E-state index in [2.05, 4.69) is 31.8 Å². The predicted octanol–water partition coefficient (Wildman–Crippen LogP) is 3.22. The summed E-state index contributed by atoms with van der Waals surface area (Å²) in [7, 11) is 0. The highest BCUT2D eigenvalue weighted by Gasteiger charge is 2.07. The SMILES string of the molecule is C#CCCOc1ncc(Br)c(OCc2ccccc2)n1. The molecular formula is C15H13BrN2O2. The molecule has 5 heteroatoms. The van der Waals surface area contributed by atoms with E-state index in [4.69, 9.17) is 15.9 Å². The van der Waals surface area contributed by atoms with Crippen LogP contribution in [0.1, 0.15) is 12.0 Å². The standard InChI is InChI=1S/C15H13BrN2O2/c1-2-3-9-19-15-17-10-13(16)14(18-15)20-11-12-7-5-4-6-8-12/h1,4-8,10H,3,9,11H2. The summed E-state index contributed by atoms with van der Waals surface area (Å²) in [6, 6.07) is 10.1. The van der Waals surface area contributed by atoms with Gasteiger partial charge in [-0.1, -0.05) is 30.3 Å². The van der Waals surface area contributed by atoms with Crippen LogP contribution in [0.25, 0.3) is 0 Å². The second kappa shape index (κ2) is 7.51. The number of nitrogens with zero attached hydrogens (tertiary/aromatic N) is 2. The zero-order chi connectivity index (χ0) is 14.2. The highest BCUT2D eigenvalue weighted by molar-refractivity contribution is 9.10. The first-order valence-corrected chi connectivity index (χ1v) is 6.84. The molecule has 20 heavy (non-hydrogen) atoms. The summed E-state index contributed by atoms with van der Waals surface area (Å²) in [5.74, 6) is 2.93. The Labute approximate surface area is 126 Å². The molecule has 0 spiro atoms. The summed E-state index contributed by atoms with van der Waals surface area (Å²) in [5.41, 5.74) is 1.06. The van der Waals surface area contributed by atoms with Crippen LogP contribution >= 0.6 is 15.9 Å². The van der Waals surface area contributed by atoms with Crippen molar-refractivity contribution in [1.29, 1.82) is 0 Å². The van der Waals surface area contributed by atoms with Crippen LogP contribution in [0.2, 0.25) is 0 Å². The van der Waals surface area contributed by atoms with Gasteiger partial charge < -0.3 is 9.47 Å². The maximum atomic E-state index is 5.65. The maximum Gasteiger partial charge on any atom is 0.319 e. The molecule has 1 heterocycles. The Balaban J connectivity index is 1.99. The molecule has 0 saturated heterocycles. The van der Waals surface area contributed by atoms with Crippen LogP contribution in [-0.4, -0.2) is 16.6 Å². The Morgan fingerprint density at radius 2 is 2.00 bits per heavy atom. The van der Waals surface area contributed by atoms with Crippen molar-refractivity contribution in [2.75, 3.05) is 6.61 Å². The van der Waals surface area contributed by atoms with Gasteiger partial charge in [0.2, 0.25) is 5.88 Å². The van der Waals surface area contributed by atoms with Crippen molar-refractivity contribution in [3.05, 3.63) is 46.6 Å². The van der Waals surface area contributed by atoms with Crippen LogP contribution in [0.4, 0.5) is 0 Å². The second-order valence-corrected chi connectivity index (χ2v) is 4.74. The fourth-order valence-corrected chi connectivity index (χ4v) is 1.74. The molecule has 0 radical (unpaired) electrons. The number of terminal acetylenes is 1. The van der Waals surface area contributed by atoms with Crippen LogP contribution in [0.15, 0.2) is 41.0 Å². The summed E-state index contributed by atoms with van der Waals surface area (Å²) in [6.07, 6.45) is 7.27. The predicted molar refractivity (Wildman–Crippen MR) is 79.5 cm³/mol. The Hall–Kier alpha value is -2.06. The van der Waals surface area contributed by atoms with Crippen LogP contribution in [0.3, 0.4) is 0 Å². The molecule has 1 aromatic carbocycles. The molecule has 2 aromatic rings. The smallest absolute Gasteiger partial charge is 0.319 e. The zero-order valence-corrected chi connectivity index (χ0v) is 12.3. The van der Waals surface area contributed by atoms with Crippen LogP contribution in [0, 0.1) is 12.3 Å². The molecule has 0 fully saturated rings.